The standard InChI is InChI=1S/C20H14Cl5N3OS/c21-12-8-9-15(22)16(10-12)26-19(30)28-18(20(23,24)25)27-17(29)14-7-3-5-11-4-1-2-6-13(11)14/h1-10,18H,(H,27,29)(H2,26,28,30). The van der Waals surface area contributed by atoms with E-state index in [0.29, 0.717) is 21.3 Å². The van der Waals surface area contributed by atoms with Gasteiger partial charge in [0, 0.05) is 10.6 Å². The van der Waals surface area contributed by atoms with Gasteiger partial charge in [0.1, 0.15) is 6.17 Å². The topological polar surface area (TPSA) is 53.2 Å². The minimum atomic E-state index is -1.90. The van der Waals surface area contributed by atoms with Crippen molar-refractivity contribution in [3.05, 3.63) is 76.3 Å². The predicted molar refractivity (Wildman–Crippen MR) is 131 cm³/mol. The molecule has 3 rings (SSSR count). The molecule has 0 heterocycles. The van der Waals surface area contributed by atoms with Crippen molar-refractivity contribution in [1.29, 1.82) is 0 Å². The average Bonchev–Trinajstić information content (AvgIpc) is 2.69. The first-order valence-electron chi connectivity index (χ1n) is 8.53. The van der Waals surface area contributed by atoms with Crippen molar-refractivity contribution in [2.45, 2.75) is 9.96 Å². The van der Waals surface area contributed by atoms with Crippen LogP contribution in [0.3, 0.4) is 0 Å². The number of benzene rings is 3. The van der Waals surface area contributed by atoms with Gasteiger partial charge in [0.25, 0.3) is 5.91 Å². The molecule has 10 heteroatoms. The molecule has 0 aliphatic carbocycles. The fraction of sp³-hybridized carbons (Fsp3) is 0.100. The van der Waals surface area contributed by atoms with Gasteiger partial charge >= 0.3 is 0 Å². The molecule has 0 fully saturated rings. The highest BCUT2D eigenvalue weighted by atomic mass is 35.6. The zero-order valence-corrected chi connectivity index (χ0v) is 19.7. The van der Waals surface area contributed by atoms with Gasteiger partial charge in [-0.1, -0.05) is 94.4 Å². The fourth-order valence-corrected chi connectivity index (χ4v) is 3.61. The lowest BCUT2D eigenvalue weighted by molar-refractivity contribution is 0.0936. The van der Waals surface area contributed by atoms with Gasteiger partial charge in [0.2, 0.25) is 3.79 Å². The second-order valence-electron chi connectivity index (χ2n) is 6.20. The second kappa shape index (κ2) is 9.77. The van der Waals surface area contributed by atoms with Gasteiger partial charge < -0.3 is 16.0 Å². The molecule has 0 bridgehead atoms. The van der Waals surface area contributed by atoms with Crippen LogP contribution in [0.4, 0.5) is 5.69 Å². The van der Waals surface area contributed by atoms with Crippen LogP contribution in [-0.4, -0.2) is 21.0 Å². The van der Waals surface area contributed by atoms with Gasteiger partial charge in [-0.3, -0.25) is 4.79 Å². The van der Waals surface area contributed by atoms with Gasteiger partial charge in [0.05, 0.1) is 10.7 Å². The number of hydrogen-bond donors (Lipinski definition) is 3. The molecule has 3 N–H and O–H groups in total. The lowest BCUT2D eigenvalue weighted by Gasteiger charge is -2.28. The van der Waals surface area contributed by atoms with Crippen LogP contribution in [0.2, 0.25) is 10.0 Å². The van der Waals surface area contributed by atoms with Gasteiger partial charge in [-0.2, -0.15) is 0 Å². The number of thiocarbonyl (C=S) groups is 1. The summed E-state index contributed by atoms with van der Waals surface area (Å²) in [6, 6.07) is 17.7. The van der Waals surface area contributed by atoms with Gasteiger partial charge in [-0.15, -0.1) is 0 Å². The summed E-state index contributed by atoms with van der Waals surface area (Å²) in [5.74, 6) is -0.431. The number of carbonyl (C=O) groups excluding carboxylic acids is 1. The third kappa shape index (κ3) is 5.82. The molecule has 4 nitrogen and oxygen atoms in total. The van der Waals surface area contributed by atoms with E-state index >= 15 is 0 Å². The highest BCUT2D eigenvalue weighted by Gasteiger charge is 2.35. The summed E-state index contributed by atoms with van der Waals surface area (Å²) in [4.78, 5) is 12.9. The van der Waals surface area contributed by atoms with Crippen LogP contribution in [0.5, 0.6) is 0 Å². The number of halogens is 5. The van der Waals surface area contributed by atoms with Crippen molar-refractivity contribution in [3.63, 3.8) is 0 Å². The summed E-state index contributed by atoms with van der Waals surface area (Å²) in [5, 5.41) is 11.0. The SMILES string of the molecule is O=C(NC(NC(=S)Nc1cc(Cl)ccc1Cl)C(Cl)(Cl)Cl)c1cccc2ccccc12. The van der Waals surface area contributed by atoms with Gasteiger partial charge in [-0.05, 0) is 47.3 Å². The smallest absolute Gasteiger partial charge is 0.253 e. The predicted octanol–water partition coefficient (Wildman–Crippen LogP) is 6.56. The number of amides is 1. The van der Waals surface area contributed by atoms with Crippen molar-refractivity contribution in [1.82, 2.24) is 10.6 Å². The van der Waals surface area contributed by atoms with E-state index in [1.165, 1.54) is 0 Å². The zero-order valence-electron chi connectivity index (χ0n) is 15.1. The molecule has 1 unspecified atom stereocenters. The van der Waals surface area contributed by atoms with E-state index in [0.717, 1.165) is 10.8 Å². The van der Waals surface area contributed by atoms with E-state index in [1.54, 1.807) is 30.3 Å². The van der Waals surface area contributed by atoms with E-state index in [-0.39, 0.29) is 5.11 Å². The molecule has 0 aliphatic rings. The Kier molecular flexibility index (Phi) is 7.56. The highest BCUT2D eigenvalue weighted by Crippen LogP contribution is 2.30. The van der Waals surface area contributed by atoms with Crippen LogP contribution >= 0.6 is 70.2 Å². The number of carbonyl (C=O) groups is 1. The quantitative estimate of drug-likeness (QED) is 0.207. The first kappa shape index (κ1) is 23.2. The van der Waals surface area contributed by atoms with Crippen molar-refractivity contribution in [2.75, 3.05) is 5.32 Å². The summed E-state index contributed by atoms with van der Waals surface area (Å²) in [6.45, 7) is 0. The number of alkyl halides is 3. The maximum absolute atomic E-state index is 12.9. The van der Waals surface area contributed by atoms with Gasteiger partial charge in [-0.25, -0.2) is 0 Å². The Morgan fingerprint density at radius 2 is 1.63 bits per heavy atom. The molecule has 0 aromatic heterocycles. The van der Waals surface area contributed by atoms with Crippen LogP contribution < -0.4 is 16.0 Å². The molecule has 0 spiro atoms. The molecule has 0 radical (unpaired) electrons. The molecule has 3 aromatic carbocycles. The Labute approximate surface area is 203 Å². The number of fused-ring (bicyclic) bond motifs is 1. The van der Waals surface area contributed by atoms with Crippen LogP contribution in [0.1, 0.15) is 10.4 Å². The molecule has 1 atom stereocenters. The molecule has 0 saturated heterocycles. The molecule has 0 aliphatic heterocycles. The number of hydrogen-bond acceptors (Lipinski definition) is 2. The van der Waals surface area contributed by atoms with Crippen molar-refractivity contribution in [3.8, 4) is 0 Å². The Morgan fingerprint density at radius 1 is 0.933 bits per heavy atom. The van der Waals surface area contributed by atoms with Crippen molar-refractivity contribution >= 4 is 97.7 Å². The molecular formula is C20H14Cl5N3OS. The van der Waals surface area contributed by atoms with Crippen molar-refractivity contribution in [2.24, 2.45) is 0 Å². The minimum absolute atomic E-state index is 0.0775. The van der Waals surface area contributed by atoms with E-state index in [9.17, 15) is 4.79 Å². The molecule has 3 aromatic rings. The molecule has 0 saturated carbocycles. The molecular weight excluding hydrogens is 508 g/mol. The third-order valence-electron chi connectivity index (χ3n) is 4.09. The monoisotopic (exact) mass is 519 g/mol. The number of anilines is 1. The number of rotatable bonds is 4. The zero-order chi connectivity index (χ0) is 21.9. The lowest BCUT2D eigenvalue weighted by atomic mass is 10.0. The summed E-state index contributed by atoms with van der Waals surface area (Å²) in [7, 11) is 0. The second-order valence-corrected chi connectivity index (χ2v) is 9.82. The van der Waals surface area contributed by atoms with E-state index in [1.807, 2.05) is 30.3 Å². The Hall–Kier alpha value is -1.47. The fourth-order valence-electron chi connectivity index (χ4n) is 2.71. The van der Waals surface area contributed by atoms with E-state index in [2.05, 4.69) is 16.0 Å². The maximum Gasteiger partial charge on any atom is 0.253 e. The average molecular weight is 522 g/mol. The first-order chi connectivity index (χ1) is 14.1. The molecule has 156 valence electrons. The number of nitrogens with one attached hydrogen (secondary N) is 3. The Morgan fingerprint density at radius 3 is 2.37 bits per heavy atom. The Bertz CT molecular complexity index is 1100. The summed E-state index contributed by atoms with van der Waals surface area (Å²) >= 11 is 35.6. The van der Waals surface area contributed by atoms with Crippen molar-refractivity contribution < 1.29 is 4.79 Å². The summed E-state index contributed by atoms with van der Waals surface area (Å²) in [6.07, 6.45) is -1.13. The van der Waals surface area contributed by atoms with Crippen LogP contribution in [0.25, 0.3) is 10.8 Å². The van der Waals surface area contributed by atoms with Crippen LogP contribution in [-0.2, 0) is 0 Å². The first-order valence-corrected chi connectivity index (χ1v) is 10.8. The highest BCUT2D eigenvalue weighted by molar-refractivity contribution is 7.80. The third-order valence-corrected chi connectivity index (χ3v) is 5.53. The van der Waals surface area contributed by atoms with E-state index in [4.69, 9.17) is 70.2 Å². The molecule has 30 heavy (non-hydrogen) atoms. The maximum atomic E-state index is 12.9. The lowest BCUT2D eigenvalue weighted by Crippen LogP contribution is -2.56. The summed E-state index contributed by atoms with van der Waals surface area (Å²) < 4.78 is -1.90. The van der Waals surface area contributed by atoms with E-state index < -0.39 is 15.9 Å². The van der Waals surface area contributed by atoms with Crippen LogP contribution in [0.15, 0.2) is 60.7 Å². The Balaban J connectivity index is 1.78. The normalized spacial score (nSPS) is 12.3. The van der Waals surface area contributed by atoms with Crippen LogP contribution in [0, 0.1) is 0 Å². The van der Waals surface area contributed by atoms with Gasteiger partial charge in [0.15, 0.2) is 5.11 Å². The molecule has 1 amide bonds. The summed E-state index contributed by atoms with van der Waals surface area (Å²) in [5.41, 5.74) is 0.899. The largest absolute Gasteiger partial charge is 0.339 e. The minimum Gasteiger partial charge on any atom is -0.339 e.